The Morgan fingerprint density at radius 1 is 0.639 bits per heavy atom. The predicted octanol–water partition coefficient (Wildman–Crippen LogP) is 8.41. The number of ether oxygens (including phenoxy) is 2. The second-order valence-electron chi connectivity index (χ2n) is 9.09. The van der Waals surface area contributed by atoms with E-state index in [9.17, 15) is 8.78 Å². The van der Waals surface area contributed by atoms with Crippen LogP contribution in [0.3, 0.4) is 0 Å². The number of aromatic nitrogens is 2. The van der Waals surface area contributed by atoms with Gasteiger partial charge in [0.05, 0.1) is 6.61 Å². The molecule has 194 valence electrons. The summed E-state index contributed by atoms with van der Waals surface area (Å²) in [4.78, 5) is 9.02. The van der Waals surface area contributed by atoms with Gasteiger partial charge in [-0.1, -0.05) is 64.5 Å². The molecular weight excluding hydrogens is 458 g/mol. The summed E-state index contributed by atoms with van der Waals surface area (Å²) in [5.74, 6) is 2.00. The molecule has 3 rings (SSSR count). The number of hydrogen-bond acceptors (Lipinski definition) is 4. The Kier molecular flexibility index (Phi) is 11.6. The van der Waals surface area contributed by atoms with E-state index in [1.165, 1.54) is 32.1 Å². The van der Waals surface area contributed by atoms with Crippen LogP contribution in [0.1, 0.15) is 65.2 Å². The van der Waals surface area contributed by atoms with Crippen LogP contribution in [0.4, 0.5) is 8.78 Å². The van der Waals surface area contributed by atoms with Gasteiger partial charge in [-0.3, -0.25) is 0 Å². The molecule has 4 nitrogen and oxygen atoms in total. The van der Waals surface area contributed by atoms with Gasteiger partial charge in [-0.25, -0.2) is 18.7 Å². The molecule has 6 heteroatoms. The number of alkyl halides is 2. The van der Waals surface area contributed by atoms with E-state index in [0.717, 1.165) is 35.5 Å². The van der Waals surface area contributed by atoms with Crippen molar-refractivity contribution in [1.82, 2.24) is 9.97 Å². The van der Waals surface area contributed by atoms with Crippen LogP contribution in [0, 0.1) is 0 Å². The molecule has 0 spiro atoms. The van der Waals surface area contributed by atoms with Crippen LogP contribution >= 0.6 is 0 Å². The monoisotopic (exact) mass is 496 g/mol. The van der Waals surface area contributed by atoms with Crippen molar-refractivity contribution in [3.63, 3.8) is 0 Å². The van der Waals surface area contributed by atoms with Crippen molar-refractivity contribution in [1.29, 1.82) is 0 Å². The van der Waals surface area contributed by atoms with Gasteiger partial charge < -0.3 is 9.47 Å². The van der Waals surface area contributed by atoms with Crippen LogP contribution in [-0.2, 0) is 0 Å². The topological polar surface area (TPSA) is 44.2 Å². The van der Waals surface area contributed by atoms with E-state index in [2.05, 4.69) is 16.9 Å². The number of benzene rings is 2. The van der Waals surface area contributed by atoms with Gasteiger partial charge >= 0.3 is 0 Å². The fourth-order valence-electron chi connectivity index (χ4n) is 3.88. The van der Waals surface area contributed by atoms with Gasteiger partial charge in [-0.15, -0.1) is 0 Å². The lowest BCUT2D eigenvalue weighted by molar-refractivity contribution is 0.103. The van der Waals surface area contributed by atoms with Gasteiger partial charge in [0.25, 0.3) is 0 Å². The van der Waals surface area contributed by atoms with Gasteiger partial charge in [0.2, 0.25) is 0 Å². The third-order valence-corrected chi connectivity index (χ3v) is 6.08. The minimum atomic E-state index is -1.62. The van der Waals surface area contributed by atoms with Gasteiger partial charge in [-0.05, 0) is 54.8 Å². The summed E-state index contributed by atoms with van der Waals surface area (Å²) in [6.07, 6.45) is 8.72. The maximum absolute atomic E-state index is 13.8. The van der Waals surface area contributed by atoms with E-state index in [1.54, 1.807) is 24.5 Å². The highest BCUT2D eigenvalue weighted by Crippen LogP contribution is 2.24. The summed E-state index contributed by atoms with van der Waals surface area (Å²) in [5.41, 5.74) is 2.70. The summed E-state index contributed by atoms with van der Waals surface area (Å²) in [5, 5.41) is 0. The Morgan fingerprint density at radius 2 is 1.22 bits per heavy atom. The number of rotatable bonds is 16. The molecule has 0 saturated heterocycles. The predicted molar refractivity (Wildman–Crippen MR) is 142 cm³/mol. The molecule has 0 saturated carbocycles. The Bertz CT molecular complexity index is 995. The second kappa shape index (κ2) is 15.2. The fourth-order valence-corrected chi connectivity index (χ4v) is 3.88. The Hall–Kier alpha value is -3.02. The first-order valence-electron chi connectivity index (χ1n) is 13.2. The van der Waals surface area contributed by atoms with E-state index in [-0.39, 0.29) is 13.0 Å². The molecule has 0 radical (unpaired) electrons. The van der Waals surface area contributed by atoms with Crippen molar-refractivity contribution in [3.05, 3.63) is 60.9 Å². The average Bonchev–Trinajstić information content (AvgIpc) is 2.92. The van der Waals surface area contributed by atoms with E-state index in [4.69, 9.17) is 9.47 Å². The van der Waals surface area contributed by atoms with Crippen molar-refractivity contribution < 1.29 is 18.3 Å². The molecule has 0 aliphatic carbocycles. The maximum atomic E-state index is 13.8. The number of halogens is 2. The molecule has 36 heavy (non-hydrogen) atoms. The molecule has 2 aromatic carbocycles. The zero-order valence-corrected chi connectivity index (χ0v) is 21.5. The lowest BCUT2D eigenvalue weighted by Gasteiger charge is -2.14. The molecule has 1 heterocycles. The fraction of sp³-hybridized carbons (Fsp3) is 0.467. The quantitative estimate of drug-likeness (QED) is 0.187. The normalized spacial score (nSPS) is 12.8. The molecule has 0 fully saturated rings. The highest BCUT2D eigenvalue weighted by Gasteiger charge is 2.20. The summed E-state index contributed by atoms with van der Waals surface area (Å²) in [6, 6.07) is 15.1. The van der Waals surface area contributed by atoms with Gasteiger partial charge in [0, 0.05) is 23.5 Å². The van der Waals surface area contributed by atoms with Crippen molar-refractivity contribution in [2.75, 3.05) is 13.2 Å². The van der Waals surface area contributed by atoms with Crippen molar-refractivity contribution in [2.24, 2.45) is 0 Å². The summed E-state index contributed by atoms with van der Waals surface area (Å²) >= 11 is 0. The Balaban J connectivity index is 1.47. The first-order valence-corrected chi connectivity index (χ1v) is 13.2. The zero-order chi connectivity index (χ0) is 25.6. The molecule has 1 aromatic heterocycles. The van der Waals surface area contributed by atoms with E-state index >= 15 is 0 Å². The first-order chi connectivity index (χ1) is 17.6. The van der Waals surface area contributed by atoms with Gasteiger partial charge in [-0.2, -0.15) is 0 Å². The number of nitrogens with zero attached hydrogens (tertiary/aromatic N) is 2. The molecule has 0 aliphatic rings. The molecule has 0 unspecified atom stereocenters. The third-order valence-electron chi connectivity index (χ3n) is 6.08. The smallest absolute Gasteiger partial charge is 0.165 e. The van der Waals surface area contributed by atoms with E-state index in [1.807, 2.05) is 43.3 Å². The first kappa shape index (κ1) is 27.6. The van der Waals surface area contributed by atoms with Crippen LogP contribution in [0.2, 0.25) is 0 Å². The van der Waals surface area contributed by atoms with Crippen LogP contribution in [-0.4, -0.2) is 35.5 Å². The largest absolute Gasteiger partial charge is 0.494 e. The van der Waals surface area contributed by atoms with Crippen molar-refractivity contribution in [3.8, 4) is 34.0 Å². The van der Waals surface area contributed by atoms with Crippen LogP contribution in [0.5, 0.6) is 11.5 Å². The summed E-state index contributed by atoms with van der Waals surface area (Å²) in [7, 11) is 0. The van der Waals surface area contributed by atoms with Gasteiger partial charge in [0.15, 0.2) is 12.0 Å². The molecule has 2 atom stereocenters. The molecule has 0 N–H and O–H groups in total. The standard InChI is InChI=1S/C30H38F2N2O2/c1-3-5-6-7-8-9-19-35-26-17-13-24(14-18-26)30-33-20-25(21-34-30)23-11-15-27(16-12-23)36-22-29(32)28(31)10-4-2/h11-18,20-21,28-29H,3-10,19,22H2,1-2H3/t28-,29-/m0/s1. The number of hydrogen-bond donors (Lipinski definition) is 0. The Morgan fingerprint density at radius 3 is 1.86 bits per heavy atom. The van der Waals surface area contributed by atoms with E-state index < -0.39 is 12.3 Å². The third kappa shape index (κ3) is 8.89. The molecule has 0 aliphatic heterocycles. The Labute approximate surface area is 214 Å². The number of unbranched alkanes of at least 4 members (excludes halogenated alkanes) is 5. The highest BCUT2D eigenvalue weighted by molar-refractivity contribution is 5.64. The van der Waals surface area contributed by atoms with Crippen molar-refractivity contribution in [2.45, 2.75) is 77.6 Å². The lowest BCUT2D eigenvalue weighted by atomic mass is 10.1. The van der Waals surface area contributed by atoms with Gasteiger partial charge in [0.1, 0.15) is 24.3 Å². The van der Waals surface area contributed by atoms with Crippen LogP contribution in [0.25, 0.3) is 22.5 Å². The maximum Gasteiger partial charge on any atom is 0.165 e. The summed E-state index contributed by atoms with van der Waals surface area (Å²) < 4.78 is 38.7. The average molecular weight is 497 g/mol. The minimum absolute atomic E-state index is 0.205. The SMILES string of the molecule is CCCCCCCCOc1ccc(-c2ncc(-c3ccc(OC[C@H](F)[C@@H](F)CCC)cc3)cn2)cc1. The van der Waals surface area contributed by atoms with E-state index in [0.29, 0.717) is 18.0 Å². The van der Waals surface area contributed by atoms with Crippen LogP contribution < -0.4 is 9.47 Å². The molecule has 3 aromatic rings. The van der Waals surface area contributed by atoms with Crippen molar-refractivity contribution >= 4 is 0 Å². The zero-order valence-electron chi connectivity index (χ0n) is 21.5. The molecular formula is C30H38F2N2O2. The molecule has 0 bridgehead atoms. The highest BCUT2D eigenvalue weighted by atomic mass is 19.2. The summed E-state index contributed by atoms with van der Waals surface area (Å²) in [6.45, 7) is 4.51. The van der Waals surface area contributed by atoms with Crippen LogP contribution in [0.15, 0.2) is 60.9 Å². The second-order valence-corrected chi connectivity index (χ2v) is 9.09. The minimum Gasteiger partial charge on any atom is -0.494 e. The molecule has 0 amide bonds. The lowest BCUT2D eigenvalue weighted by Crippen LogP contribution is -2.24.